The normalized spacial score (nSPS) is 11.5. The molecule has 0 spiro atoms. The lowest BCUT2D eigenvalue weighted by molar-refractivity contribution is 0.479. The van der Waals surface area contributed by atoms with Crippen LogP contribution in [0.1, 0.15) is 39.2 Å². The van der Waals surface area contributed by atoms with Gasteiger partial charge in [0.15, 0.2) is 0 Å². The van der Waals surface area contributed by atoms with Gasteiger partial charge >= 0.3 is 0 Å². The van der Waals surface area contributed by atoms with Gasteiger partial charge in [0.1, 0.15) is 0 Å². The zero-order valence-corrected chi connectivity index (χ0v) is 10.2. The van der Waals surface area contributed by atoms with E-state index >= 15 is 0 Å². The van der Waals surface area contributed by atoms with Crippen LogP contribution in [0.5, 0.6) is 0 Å². The van der Waals surface area contributed by atoms with Gasteiger partial charge in [0.25, 0.3) is 0 Å². The summed E-state index contributed by atoms with van der Waals surface area (Å²) in [6, 6.07) is 6.11. The summed E-state index contributed by atoms with van der Waals surface area (Å²) in [5.41, 5.74) is 9.21. The zero-order chi connectivity index (χ0) is 11.5. The predicted molar refractivity (Wildman–Crippen MR) is 68.2 cm³/mol. The predicted octanol–water partition coefficient (Wildman–Crippen LogP) is 3.57. The Morgan fingerprint density at radius 2 is 1.87 bits per heavy atom. The molecule has 2 heteroatoms. The maximum Gasteiger partial charge on any atom is 0.0580 e. The molecule has 1 aromatic carbocycles. The van der Waals surface area contributed by atoms with Crippen LogP contribution in [-0.2, 0) is 0 Å². The molecule has 84 valence electrons. The Morgan fingerprint density at radius 3 is 2.40 bits per heavy atom. The van der Waals surface area contributed by atoms with Gasteiger partial charge in [0, 0.05) is 5.54 Å². The second-order valence-electron chi connectivity index (χ2n) is 4.48. The van der Waals surface area contributed by atoms with Gasteiger partial charge in [-0.2, -0.15) is 0 Å². The van der Waals surface area contributed by atoms with Crippen molar-refractivity contribution in [3.05, 3.63) is 23.8 Å². The monoisotopic (exact) mass is 206 g/mol. The fourth-order valence-corrected chi connectivity index (χ4v) is 1.53. The molecule has 0 atom stereocenters. The number of rotatable bonds is 4. The summed E-state index contributed by atoms with van der Waals surface area (Å²) in [6.07, 6.45) is 2.19. The second-order valence-corrected chi connectivity index (χ2v) is 4.48. The number of hydrogen-bond donors (Lipinski definition) is 2. The summed E-state index contributed by atoms with van der Waals surface area (Å²) in [4.78, 5) is 0. The minimum atomic E-state index is 0.141. The third kappa shape index (κ3) is 2.88. The molecule has 0 aromatic heterocycles. The van der Waals surface area contributed by atoms with Gasteiger partial charge in [-0.25, -0.2) is 0 Å². The van der Waals surface area contributed by atoms with Crippen LogP contribution in [0.25, 0.3) is 0 Å². The van der Waals surface area contributed by atoms with Crippen LogP contribution in [0.4, 0.5) is 11.4 Å². The highest BCUT2D eigenvalue weighted by Gasteiger charge is 2.19. The maximum absolute atomic E-state index is 5.94. The quantitative estimate of drug-likeness (QED) is 0.739. The summed E-state index contributed by atoms with van der Waals surface area (Å²) in [5, 5.41) is 3.54. The standard InChI is InChI=1S/C13H22N2/c1-5-13(4,6-2)15-12-9-10(3)7-8-11(12)14/h7-9,15H,5-6,14H2,1-4H3. The molecular weight excluding hydrogens is 184 g/mol. The first-order valence-electron chi connectivity index (χ1n) is 5.65. The molecule has 1 rings (SSSR count). The van der Waals surface area contributed by atoms with E-state index < -0.39 is 0 Å². The first-order valence-corrected chi connectivity index (χ1v) is 5.65. The van der Waals surface area contributed by atoms with Crippen LogP contribution >= 0.6 is 0 Å². The van der Waals surface area contributed by atoms with Crippen molar-refractivity contribution in [3.8, 4) is 0 Å². The molecule has 1 aromatic rings. The summed E-state index contributed by atoms with van der Waals surface area (Å²) >= 11 is 0. The number of benzene rings is 1. The molecular formula is C13H22N2. The highest BCUT2D eigenvalue weighted by Crippen LogP contribution is 2.26. The Labute approximate surface area is 92.9 Å². The van der Waals surface area contributed by atoms with Gasteiger partial charge in [-0.15, -0.1) is 0 Å². The molecule has 0 saturated heterocycles. The topological polar surface area (TPSA) is 38.0 Å². The first-order chi connectivity index (χ1) is 7.00. The van der Waals surface area contributed by atoms with Crippen molar-refractivity contribution in [2.24, 2.45) is 0 Å². The minimum absolute atomic E-state index is 0.141. The van der Waals surface area contributed by atoms with Gasteiger partial charge in [-0.1, -0.05) is 19.9 Å². The number of hydrogen-bond acceptors (Lipinski definition) is 2. The van der Waals surface area contributed by atoms with Crippen LogP contribution in [-0.4, -0.2) is 5.54 Å². The lowest BCUT2D eigenvalue weighted by Gasteiger charge is -2.30. The third-order valence-corrected chi connectivity index (χ3v) is 3.21. The lowest BCUT2D eigenvalue weighted by Crippen LogP contribution is -2.33. The van der Waals surface area contributed by atoms with Crippen LogP contribution in [0.3, 0.4) is 0 Å². The Morgan fingerprint density at radius 1 is 1.27 bits per heavy atom. The van der Waals surface area contributed by atoms with Gasteiger partial charge in [-0.3, -0.25) is 0 Å². The molecule has 0 aliphatic carbocycles. The minimum Gasteiger partial charge on any atom is -0.397 e. The number of anilines is 2. The molecule has 0 heterocycles. The largest absolute Gasteiger partial charge is 0.397 e. The van der Waals surface area contributed by atoms with Crippen molar-refractivity contribution in [3.63, 3.8) is 0 Å². The summed E-state index contributed by atoms with van der Waals surface area (Å²) in [6.45, 7) is 8.71. The third-order valence-electron chi connectivity index (χ3n) is 3.21. The molecule has 2 nitrogen and oxygen atoms in total. The van der Waals surface area contributed by atoms with E-state index in [0.29, 0.717) is 0 Å². The van der Waals surface area contributed by atoms with Crippen molar-refractivity contribution in [2.75, 3.05) is 11.1 Å². The van der Waals surface area contributed by atoms with Gasteiger partial charge in [-0.05, 0) is 44.4 Å². The van der Waals surface area contributed by atoms with E-state index in [1.807, 2.05) is 12.1 Å². The van der Waals surface area contributed by atoms with Crippen molar-refractivity contribution in [1.82, 2.24) is 0 Å². The molecule has 0 aliphatic heterocycles. The molecule has 0 amide bonds. The highest BCUT2D eigenvalue weighted by molar-refractivity contribution is 5.67. The number of nitrogen functional groups attached to an aromatic ring is 1. The van der Waals surface area contributed by atoms with E-state index in [1.165, 1.54) is 5.56 Å². The van der Waals surface area contributed by atoms with Crippen LogP contribution in [0.2, 0.25) is 0 Å². The summed E-state index contributed by atoms with van der Waals surface area (Å²) in [7, 11) is 0. The summed E-state index contributed by atoms with van der Waals surface area (Å²) in [5.74, 6) is 0. The van der Waals surface area contributed by atoms with E-state index in [0.717, 1.165) is 24.2 Å². The van der Waals surface area contributed by atoms with E-state index in [-0.39, 0.29) is 5.54 Å². The second kappa shape index (κ2) is 4.56. The van der Waals surface area contributed by atoms with Crippen LogP contribution in [0, 0.1) is 6.92 Å². The fourth-order valence-electron chi connectivity index (χ4n) is 1.53. The Bertz CT molecular complexity index is 327. The molecule has 0 bridgehead atoms. The molecule has 0 unspecified atom stereocenters. The average Bonchev–Trinajstić information content (AvgIpc) is 2.23. The van der Waals surface area contributed by atoms with Crippen molar-refractivity contribution in [1.29, 1.82) is 0 Å². The maximum atomic E-state index is 5.94. The molecule has 15 heavy (non-hydrogen) atoms. The smallest absolute Gasteiger partial charge is 0.0580 e. The number of nitrogens with two attached hydrogens (primary N) is 1. The fraction of sp³-hybridized carbons (Fsp3) is 0.538. The van der Waals surface area contributed by atoms with Gasteiger partial charge in [0.2, 0.25) is 0 Å². The van der Waals surface area contributed by atoms with E-state index in [9.17, 15) is 0 Å². The van der Waals surface area contributed by atoms with Crippen molar-refractivity contribution in [2.45, 2.75) is 46.1 Å². The van der Waals surface area contributed by atoms with Crippen LogP contribution < -0.4 is 11.1 Å². The zero-order valence-electron chi connectivity index (χ0n) is 10.2. The number of aryl methyl sites for hydroxylation is 1. The average molecular weight is 206 g/mol. The Balaban J connectivity index is 2.92. The molecule has 0 aliphatic rings. The highest BCUT2D eigenvalue weighted by atomic mass is 15.0. The van der Waals surface area contributed by atoms with Gasteiger partial charge in [0.05, 0.1) is 11.4 Å². The molecule has 0 saturated carbocycles. The molecule has 0 fully saturated rings. The van der Waals surface area contributed by atoms with E-state index in [1.54, 1.807) is 0 Å². The van der Waals surface area contributed by atoms with Gasteiger partial charge < -0.3 is 11.1 Å². The summed E-state index contributed by atoms with van der Waals surface area (Å²) < 4.78 is 0. The Kier molecular flexibility index (Phi) is 3.61. The lowest BCUT2D eigenvalue weighted by atomic mass is 9.95. The van der Waals surface area contributed by atoms with Crippen molar-refractivity contribution >= 4 is 11.4 Å². The first kappa shape index (κ1) is 11.9. The Hall–Kier alpha value is -1.18. The molecule has 0 radical (unpaired) electrons. The molecule has 3 N–H and O–H groups in total. The van der Waals surface area contributed by atoms with E-state index in [2.05, 4.69) is 39.1 Å². The van der Waals surface area contributed by atoms with E-state index in [4.69, 9.17) is 5.73 Å². The number of nitrogens with one attached hydrogen (secondary N) is 1. The SMILES string of the molecule is CCC(C)(CC)Nc1cc(C)ccc1N. The van der Waals surface area contributed by atoms with Crippen LogP contribution in [0.15, 0.2) is 18.2 Å². The van der Waals surface area contributed by atoms with Crippen molar-refractivity contribution < 1.29 is 0 Å².